The van der Waals surface area contributed by atoms with E-state index in [1.54, 1.807) is 12.6 Å². The number of benzene rings is 2. The van der Waals surface area contributed by atoms with Crippen LogP contribution in [-0.2, 0) is 14.3 Å². The maximum atomic E-state index is 12.5. The van der Waals surface area contributed by atoms with Crippen molar-refractivity contribution >= 4 is 22.6 Å². The monoisotopic (exact) mass is 400 g/mol. The van der Waals surface area contributed by atoms with Crippen LogP contribution >= 0.6 is 0 Å². The molecular weight excluding hydrogens is 372 g/mol. The number of unbranched alkanes of at least 4 members (excludes halogenated alkanes) is 2. The predicted molar refractivity (Wildman–Crippen MR) is 111 cm³/mol. The van der Waals surface area contributed by atoms with Crippen molar-refractivity contribution in [1.29, 1.82) is 0 Å². The molecule has 3 N–H and O–H groups in total. The fourth-order valence-electron chi connectivity index (χ4n) is 2.84. The van der Waals surface area contributed by atoms with E-state index in [2.05, 4.69) is 5.32 Å². The quantitative estimate of drug-likeness (QED) is 0.220. The van der Waals surface area contributed by atoms with Crippen LogP contribution in [0.15, 0.2) is 54.1 Å². The summed E-state index contributed by atoms with van der Waals surface area (Å²) in [5, 5.41) is 13.4. The predicted octanol–water partition coefficient (Wildman–Crippen LogP) is 2.97. The molecule has 0 spiro atoms. The number of hydrogen-bond donors (Lipinski definition) is 3. The van der Waals surface area contributed by atoms with Gasteiger partial charge in [-0.15, -0.1) is 0 Å². The number of nitrogens with one attached hydrogen (secondary N) is 2. The zero-order valence-electron chi connectivity index (χ0n) is 16.6. The van der Waals surface area contributed by atoms with Gasteiger partial charge in [0, 0.05) is 25.5 Å². The fraction of sp³-hybridized carbons (Fsp3) is 0.364. The average molecular weight is 400 g/mol. The molecule has 0 aliphatic carbocycles. The summed E-state index contributed by atoms with van der Waals surface area (Å²) in [6.07, 6.45) is 4.04. The smallest absolute Gasteiger partial charge is 0.250 e. The summed E-state index contributed by atoms with van der Waals surface area (Å²) in [4.78, 5) is 23.6. The molecule has 0 atom stereocenters. The third-order valence-electron chi connectivity index (χ3n) is 4.39. The van der Waals surface area contributed by atoms with Gasteiger partial charge in [-0.3, -0.25) is 14.8 Å². The zero-order valence-corrected chi connectivity index (χ0v) is 16.6. The van der Waals surface area contributed by atoms with Gasteiger partial charge in [-0.05, 0) is 30.7 Å². The van der Waals surface area contributed by atoms with Gasteiger partial charge in [0.1, 0.15) is 12.4 Å². The van der Waals surface area contributed by atoms with Crippen molar-refractivity contribution in [3.63, 3.8) is 0 Å². The number of allylic oxidation sites excluding steroid dienone is 1. The Morgan fingerprint density at radius 2 is 1.90 bits per heavy atom. The number of fused-ring (bicyclic) bond motifs is 1. The third-order valence-corrected chi connectivity index (χ3v) is 4.39. The molecule has 2 rings (SSSR count). The second-order valence-corrected chi connectivity index (χ2v) is 6.52. The Labute approximate surface area is 170 Å². The van der Waals surface area contributed by atoms with Crippen molar-refractivity contribution in [1.82, 2.24) is 10.8 Å². The summed E-state index contributed by atoms with van der Waals surface area (Å²) < 4.78 is 10.9. The van der Waals surface area contributed by atoms with Crippen LogP contribution in [0.25, 0.3) is 10.8 Å². The number of methoxy groups -OCH3 is 1. The minimum absolute atomic E-state index is 0.143. The first-order valence-corrected chi connectivity index (χ1v) is 9.65. The van der Waals surface area contributed by atoms with Crippen LogP contribution in [-0.4, -0.2) is 43.9 Å². The Bertz CT molecular complexity index is 830. The summed E-state index contributed by atoms with van der Waals surface area (Å²) in [5.74, 6) is 0.111. The molecule has 0 unspecified atom stereocenters. The van der Waals surface area contributed by atoms with Crippen LogP contribution in [0.3, 0.4) is 0 Å². The highest BCUT2D eigenvalue weighted by Crippen LogP contribution is 2.25. The van der Waals surface area contributed by atoms with E-state index >= 15 is 0 Å². The van der Waals surface area contributed by atoms with Crippen LogP contribution in [0.4, 0.5) is 0 Å². The Morgan fingerprint density at radius 1 is 1.10 bits per heavy atom. The Morgan fingerprint density at radius 3 is 2.69 bits per heavy atom. The van der Waals surface area contributed by atoms with Gasteiger partial charge in [0.05, 0.1) is 12.2 Å². The first kappa shape index (κ1) is 22.4. The lowest BCUT2D eigenvalue weighted by Crippen LogP contribution is -2.30. The Balaban J connectivity index is 2.00. The molecule has 0 saturated carbocycles. The molecule has 0 fully saturated rings. The molecule has 0 heterocycles. The maximum absolute atomic E-state index is 12.5. The number of rotatable bonds is 12. The molecule has 0 aliphatic heterocycles. The highest BCUT2D eigenvalue weighted by atomic mass is 16.5. The maximum Gasteiger partial charge on any atom is 0.250 e. The summed E-state index contributed by atoms with van der Waals surface area (Å²) >= 11 is 0. The zero-order chi connectivity index (χ0) is 20.9. The lowest BCUT2D eigenvalue weighted by atomic mass is 10.1. The van der Waals surface area contributed by atoms with Crippen molar-refractivity contribution in [3.8, 4) is 5.75 Å². The highest BCUT2D eigenvalue weighted by molar-refractivity contribution is 5.94. The van der Waals surface area contributed by atoms with Gasteiger partial charge in [0.15, 0.2) is 0 Å². The van der Waals surface area contributed by atoms with Gasteiger partial charge < -0.3 is 14.8 Å². The number of amides is 2. The van der Waals surface area contributed by atoms with Crippen molar-refractivity contribution in [2.75, 3.05) is 26.9 Å². The molecule has 29 heavy (non-hydrogen) atoms. The normalized spacial score (nSPS) is 11.3. The SMILES string of the molecule is COCCNC(=O)/C(=C/CCCCC(=O)NO)COc1cccc2ccccc12. The summed E-state index contributed by atoms with van der Waals surface area (Å²) in [6, 6.07) is 13.7. The number of carbonyl (C=O) groups is 2. The van der Waals surface area contributed by atoms with E-state index in [9.17, 15) is 9.59 Å². The molecule has 0 radical (unpaired) electrons. The molecule has 7 nitrogen and oxygen atoms in total. The summed E-state index contributed by atoms with van der Waals surface area (Å²) in [7, 11) is 1.58. The number of ether oxygens (including phenoxy) is 2. The molecule has 0 bridgehead atoms. The average Bonchev–Trinajstić information content (AvgIpc) is 2.75. The molecule has 0 aromatic heterocycles. The van der Waals surface area contributed by atoms with E-state index < -0.39 is 5.91 Å². The lowest BCUT2D eigenvalue weighted by molar-refractivity contribution is -0.129. The minimum Gasteiger partial charge on any atom is -0.488 e. The van der Waals surface area contributed by atoms with Gasteiger partial charge in [0.25, 0.3) is 0 Å². The number of hydrogen-bond acceptors (Lipinski definition) is 5. The van der Waals surface area contributed by atoms with Gasteiger partial charge in [-0.25, -0.2) is 5.48 Å². The minimum atomic E-state index is -0.411. The molecule has 2 amide bonds. The molecular formula is C22H28N2O5. The number of hydroxylamine groups is 1. The molecule has 0 aliphatic rings. The lowest BCUT2D eigenvalue weighted by Gasteiger charge is -2.12. The van der Waals surface area contributed by atoms with E-state index in [1.165, 1.54) is 0 Å². The van der Waals surface area contributed by atoms with Crippen molar-refractivity contribution < 1.29 is 24.3 Å². The van der Waals surface area contributed by atoms with Crippen LogP contribution < -0.4 is 15.5 Å². The van der Waals surface area contributed by atoms with Crippen molar-refractivity contribution in [3.05, 3.63) is 54.1 Å². The van der Waals surface area contributed by atoms with Crippen LogP contribution in [0, 0.1) is 0 Å². The van der Waals surface area contributed by atoms with Crippen molar-refractivity contribution in [2.45, 2.75) is 25.7 Å². The second kappa shape index (κ2) is 12.5. The summed E-state index contributed by atoms with van der Waals surface area (Å²) in [5.41, 5.74) is 2.14. The first-order valence-electron chi connectivity index (χ1n) is 9.65. The van der Waals surface area contributed by atoms with Gasteiger partial charge in [-0.2, -0.15) is 0 Å². The molecule has 7 heteroatoms. The molecule has 156 valence electrons. The van der Waals surface area contributed by atoms with Gasteiger partial charge in [0.2, 0.25) is 11.8 Å². The number of carbonyl (C=O) groups excluding carboxylic acids is 2. The van der Waals surface area contributed by atoms with Gasteiger partial charge >= 0.3 is 0 Å². The fourth-order valence-corrected chi connectivity index (χ4v) is 2.84. The molecule has 0 saturated heterocycles. The Hall–Kier alpha value is -2.90. The highest BCUT2D eigenvalue weighted by Gasteiger charge is 2.11. The van der Waals surface area contributed by atoms with E-state index in [0.29, 0.717) is 31.6 Å². The van der Waals surface area contributed by atoms with E-state index in [4.69, 9.17) is 14.7 Å². The van der Waals surface area contributed by atoms with E-state index in [0.717, 1.165) is 22.9 Å². The van der Waals surface area contributed by atoms with Crippen molar-refractivity contribution in [2.24, 2.45) is 0 Å². The van der Waals surface area contributed by atoms with Crippen LogP contribution in [0.2, 0.25) is 0 Å². The van der Waals surface area contributed by atoms with Gasteiger partial charge in [-0.1, -0.05) is 42.5 Å². The van der Waals surface area contributed by atoms with Crippen LogP contribution in [0.1, 0.15) is 25.7 Å². The third kappa shape index (κ3) is 7.56. The molecule has 2 aromatic rings. The second-order valence-electron chi connectivity index (χ2n) is 6.52. The topological polar surface area (TPSA) is 96.9 Å². The Kier molecular flexibility index (Phi) is 9.68. The molecule has 2 aromatic carbocycles. The van der Waals surface area contributed by atoms with E-state index in [-0.39, 0.29) is 18.9 Å². The summed E-state index contributed by atoms with van der Waals surface area (Å²) in [6.45, 7) is 0.987. The first-order chi connectivity index (χ1) is 14.2. The standard InChI is InChI=1S/C22H28N2O5/c1-28-15-14-23-22(26)18(9-3-2-4-13-21(25)24-27)16-29-20-12-7-10-17-8-5-6-11-19(17)20/h5-12,27H,2-4,13-16H2,1H3,(H,23,26)(H,24,25)/b18-9+. The van der Waals surface area contributed by atoms with E-state index in [1.807, 2.05) is 48.5 Å². The largest absolute Gasteiger partial charge is 0.488 e. The van der Waals surface area contributed by atoms with Crippen LogP contribution in [0.5, 0.6) is 5.75 Å².